The van der Waals surface area contributed by atoms with E-state index in [1.807, 2.05) is 6.07 Å². The van der Waals surface area contributed by atoms with E-state index >= 15 is 0 Å². The summed E-state index contributed by atoms with van der Waals surface area (Å²) in [6.07, 6.45) is 7.39. The molecule has 0 amide bonds. The summed E-state index contributed by atoms with van der Waals surface area (Å²) in [6, 6.07) is 6.51. The molecule has 1 aromatic carbocycles. The van der Waals surface area contributed by atoms with Crippen LogP contribution in [0.1, 0.15) is 42.9 Å². The number of nitrogens with one attached hydrogen (secondary N) is 1. The Labute approximate surface area is 122 Å². The van der Waals surface area contributed by atoms with Crippen LogP contribution in [0.25, 0.3) is 0 Å². The molecule has 1 aliphatic carbocycles. The predicted molar refractivity (Wildman–Crippen MR) is 84.1 cm³/mol. The summed E-state index contributed by atoms with van der Waals surface area (Å²) in [6.45, 7) is 3.68. The molecule has 2 rings (SSSR count). The monoisotopic (exact) mass is 274 g/mol. The van der Waals surface area contributed by atoms with Crippen LogP contribution in [-0.4, -0.2) is 20.2 Å². The number of rotatable bonds is 7. The molecular weight excluding hydrogens is 248 g/mol. The third-order valence-electron chi connectivity index (χ3n) is 4.03. The Balaban J connectivity index is 1.91. The molecule has 0 aromatic heterocycles. The molecule has 20 heavy (non-hydrogen) atoms. The van der Waals surface area contributed by atoms with Gasteiger partial charge in [0.05, 0.1) is 7.11 Å². The van der Waals surface area contributed by atoms with Crippen LogP contribution in [-0.2, 0) is 0 Å². The molecule has 0 radical (unpaired) electrons. The standard InChI is InChI=1S/C17H26N2O/c1-13-11-15(7-8-17(13)20-2)16(12-18)19-10-9-14-5-3-4-6-14/h5,7-8,11,16,19H,3-4,6,9-10,12,18H2,1-2H3. The van der Waals surface area contributed by atoms with Gasteiger partial charge in [-0.05, 0) is 56.3 Å². The first kappa shape index (κ1) is 15.1. The van der Waals surface area contributed by atoms with Crippen molar-refractivity contribution in [2.24, 2.45) is 5.73 Å². The van der Waals surface area contributed by atoms with E-state index in [-0.39, 0.29) is 6.04 Å². The molecule has 0 bridgehead atoms. The van der Waals surface area contributed by atoms with E-state index in [0.717, 1.165) is 24.3 Å². The van der Waals surface area contributed by atoms with Gasteiger partial charge in [0.15, 0.2) is 0 Å². The predicted octanol–water partition coefficient (Wildman–Crippen LogP) is 3.09. The van der Waals surface area contributed by atoms with Crippen molar-refractivity contribution >= 4 is 0 Å². The zero-order valence-electron chi connectivity index (χ0n) is 12.6. The fourth-order valence-corrected chi connectivity index (χ4v) is 2.83. The van der Waals surface area contributed by atoms with Gasteiger partial charge in [0.1, 0.15) is 5.75 Å². The molecule has 3 nitrogen and oxygen atoms in total. The average molecular weight is 274 g/mol. The normalized spacial score (nSPS) is 16.1. The summed E-state index contributed by atoms with van der Waals surface area (Å²) in [5.41, 5.74) is 9.91. The lowest BCUT2D eigenvalue weighted by Gasteiger charge is -2.19. The Hall–Kier alpha value is -1.32. The summed E-state index contributed by atoms with van der Waals surface area (Å²) in [5.74, 6) is 0.931. The van der Waals surface area contributed by atoms with E-state index in [2.05, 4.69) is 30.4 Å². The second-order valence-electron chi connectivity index (χ2n) is 5.48. The van der Waals surface area contributed by atoms with Crippen LogP contribution in [0.4, 0.5) is 0 Å². The van der Waals surface area contributed by atoms with Crippen molar-refractivity contribution in [3.05, 3.63) is 41.0 Å². The van der Waals surface area contributed by atoms with Crippen LogP contribution < -0.4 is 15.8 Å². The van der Waals surface area contributed by atoms with Crippen molar-refractivity contribution < 1.29 is 4.74 Å². The largest absolute Gasteiger partial charge is 0.496 e. The Bertz CT molecular complexity index is 468. The van der Waals surface area contributed by atoms with E-state index in [1.165, 1.54) is 24.8 Å². The Morgan fingerprint density at radius 2 is 2.25 bits per heavy atom. The van der Waals surface area contributed by atoms with Gasteiger partial charge in [-0.3, -0.25) is 0 Å². The maximum Gasteiger partial charge on any atom is 0.121 e. The Morgan fingerprint density at radius 1 is 1.40 bits per heavy atom. The number of benzene rings is 1. The van der Waals surface area contributed by atoms with Crippen molar-refractivity contribution in [3.8, 4) is 5.75 Å². The summed E-state index contributed by atoms with van der Waals surface area (Å²) in [7, 11) is 1.70. The summed E-state index contributed by atoms with van der Waals surface area (Å²) < 4.78 is 5.30. The highest BCUT2D eigenvalue weighted by Gasteiger charge is 2.11. The quantitative estimate of drug-likeness (QED) is 0.751. The van der Waals surface area contributed by atoms with E-state index in [4.69, 9.17) is 10.5 Å². The van der Waals surface area contributed by atoms with Crippen molar-refractivity contribution in [2.45, 2.75) is 38.6 Å². The fourth-order valence-electron chi connectivity index (χ4n) is 2.83. The van der Waals surface area contributed by atoms with Crippen LogP contribution in [0, 0.1) is 6.92 Å². The van der Waals surface area contributed by atoms with E-state index < -0.39 is 0 Å². The van der Waals surface area contributed by atoms with Gasteiger partial charge >= 0.3 is 0 Å². The van der Waals surface area contributed by atoms with Crippen molar-refractivity contribution in [3.63, 3.8) is 0 Å². The number of hydrogen-bond donors (Lipinski definition) is 2. The molecule has 1 unspecified atom stereocenters. The maximum absolute atomic E-state index is 5.91. The summed E-state index contributed by atoms with van der Waals surface area (Å²) in [5, 5.41) is 3.57. The van der Waals surface area contributed by atoms with Crippen LogP contribution in [0.15, 0.2) is 29.8 Å². The highest BCUT2D eigenvalue weighted by molar-refractivity contribution is 5.37. The SMILES string of the molecule is COc1ccc(C(CN)NCCC2=CCCC2)cc1C. The number of methoxy groups -OCH3 is 1. The molecule has 0 saturated carbocycles. The first-order valence-electron chi connectivity index (χ1n) is 7.50. The zero-order valence-corrected chi connectivity index (χ0v) is 12.6. The van der Waals surface area contributed by atoms with Crippen molar-refractivity contribution in [1.29, 1.82) is 0 Å². The smallest absolute Gasteiger partial charge is 0.121 e. The molecule has 1 atom stereocenters. The van der Waals surface area contributed by atoms with Gasteiger partial charge in [-0.1, -0.05) is 23.8 Å². The van der Waals surface area contributed by atoms with Crippen molar-refractivity contribution in [1.82, 2.24) is 5.32 Å². The Kier molecular flexibility index (Phi) is 5.62. The third kappa shape index (κ3) is 3.84. The highest BCUT2D eigenvalue weighted by atomic mass is 16.5. The van der Waals surface area contributed by atoms with Gasteiger partial charge in [0.25, 0.3) is 0 Å². The first-order chi connectivity index (χ1) is 9.74. The van der Waals surface area contributed by atoms with E-state index in [1.54, 1.807) is 12.7 Å². The van der Waals surface area contributed by atoms with E-state index in [9.17, 15) is 0 Å². The van der Waals surface area contributed by atoms with Crippen LogP contribution in [0.2, 0.25) is 0 Å². The van der Waals surface area contributed by atoms with Crippen LogP contribution in [0.3, 0.4) is 0 Å². The second-order valence-corrected chi connectivity index (χ2v) is 5.48. The second kappa shape index (κ2) is 7.46. The number of hydrogen-bond acceptors (Lipinski definition) is 3. The molecule has 1 aromatic rings. The summed E-state index contributed by atoms with van der Waals surface area (Å²) in [4.78, 5) is 0. The number of allylic oxidation sites excluding steroid dienone is 1. The van der Waals surface area contributed by atoms with Gasteiger partial charge in [-0.25, -0.2) is 0 Å². The Morgan fingerprint density at radius 3 is 2.85 bits per heavy atom. The first-order valence-corrected chi connectivity index (χ1v) is 7.50. The minimum Gasteiger partial charge on any atom is -0.496 e. The number of nitrogens with two attached hydrogens (primary N) is 1. The highest BCUT2D eigenvalue weighted by Crippen LogP contribution is 2.23. The lowest BCUT2D eigenvalue weighted by atomic mass is 10.0. The molecule has 3 heteroatoms. The number of ether oxygens (including phenoxy) is 1. The topological polar surface area (TPSA) is 47.3 Å². The summed E-state index contributed by atoms with van der Waals surface area (Å²) >= 11 is 0. The average Bonchev–Trinajstić information content (AvgIpc) is 2.97. The van der Waals surface area contributed by atoms with Gasteiger partial charge in [-0.15, -0.1) is 0 Å². The van der Waals surface area contributed by atoms with Crippen LogP contribution in [0.5, 0.6) is 5.75 Å². The van der Waals surface area contributed by atoms with Crippen LogP contribution >= 0.6 is 0 Å². The van der Waals surface area contributed by atoms with Gasteiger partial charge in [0, 0.05) is 12.6 Å². The van der Waals surface area contributed by atoms with Gasteiger partial charge < -0.3 is 15.8 Å². The number of aryl methyl sites for hydroxylation is 1. The molecule has 0 spiro atoms. The lowest BCUT2D eigenvalue weighted by molar-refractivity contribution is 0.411. The minimum absolute atomic E-state index is 0.224. The molecule has 1 aliphatic rings. The molecule has 0 aliphatic heterocycles. The molecule has 3 N–H and O–H groups in total. The van der Waals surface area contributed by atoms with E-state index in [0.29, 0.717) is 6.54 Å². The molecule has 110 valence electrons. The molecular formula is C17H26N2O. The molecule has 0 saturated heterocycles. The van der Waals surface area contributed by atoms with Gasteiger partial charge in [0.2, 0.25) is 0 Å². The fraction of sp³-hybridized carbons (Fsp3) is 0.529. The third-order valence-corrected chi connectivity index (χ3v) is 4.03. The molecule has 0 fully saturated rings. The maximum atomic E-state index is 5.91. The lowest BCUT2D eigenvalue weighted by Crippen LogP contribution is -2.29. The van der Waals surface area contributed by atoms with Crippen molar-refractivity contribution in [2.75, 3.05) is 20.2 Å². The van der Waals surface area contributed by atoms with Gasteiger partial charge in [-0.2, -0.15) is 0 Å². The zero-order chi connectivity index (χ0) is 14.4. The molecule has 0 heterocycles. The minimum atomic E-state index is 0.224.